The second-order valence-corrected chi connectivity index (χ2v) is 10.1. The first-order chi connectivity index (χ1) is 19.8. The Kier molecular flexibility index (Phi) is 8.81. The summed E-state index contributed by atoms with van der Waals surface area (Å²) in [5.74, 6) is 0.828. The lowest BCUT2D eigenvalue weighted by Gasteiger charge is -2.18. The number of nitrogens with zero attached hydrogens (tertiary/aromatic N) is 3. The number of carbonyl (C=O) groups excluding carboxylic acids is 1. The van der Waals surface area contributed by atoms with E-state index < -0.39 is 0 Å². The maximum atomic E-state index is 13.5. The van der Waals surface area contributed by atoms with Crippen molar-refractivity contribution in [2.45, 2.75) is 19.1 Å². The lowest BCUT2D eigenvalue weighted by Crippen LogP contribution is -2.18. The Labute approximate surface area is 241 Å². The number of benzene rings is 3. The van der Waals surface area contributed by atoms with E-state index in [1.54, 1.807) is 53.6 Å². The minimum atomic E-state index is -0.326. The number of halogens is 2. The van der Waals surface area contributed by atoms with Crippen molar-refractivity contribution in [1.29, 1.82) is 0 Å². The van der Waals surface area contributed by atoms with Crippen LogP contribution >= 0.6 is 11.6 Å². The Hall–Kier alpha value is -4.41. The van der Waals surface area contributed by atoms with Crippen molar-refractivity contribution < 1.29 is 23.4 Å². The molecule has 2 heterocycles. The molecule has 0 aliphatic carbocycles. The number of fused-ring (bicyclic) bond motifs is 1. The minimum absolute atomic E-state index is 0.122. The molecule has 41 heavy (non-hydrogen) atoms. The molecule has 0 unspecified atom stereocenters. The molecule has 212 valence electrons. The van der Waals surface area contributed by atoms with Crippen LogP contribution in [-0.2, 0) is 16.1 Å². The summed E-state index contributed by atoms with van der Waals surface area (Å²) in [5, 5.41) is 7.22. The number of rotatable bonds is 10. The van der Waals surface area contributed by atoms with Crippen molar-refractivity contribution in [3.8, 4) is 11.5 Å². The van der Waals surface area contributed by atoms with Gasteiger partial charge >= 0.3 is 0 Å². The predicted octanol–water partition coefficient (Wildman–Crippen LogP) is 5.93. The van der Waals surface area contributed by atoms with Gasteiger partial charge in [0.05, 0.1) is 29.4 Å². The molecule has 1 aliphatic heterocycles. The van der Waals surface area contributed by atoms with Gasteiger partial charge in [-0.2, -0.15) is 0 Å². The van der Waals surface area contributed by atoms with Gasteiger partial charge in [0.25, 0.3) is 0 Å². The first-order valence-corrected chi connectivity index (χ1v) is 13.3. The van der Waals surface area contributed by atoms with Crippen molar-refractivity contribution in [1.82, 2.24) is 14.9 Å². The number of anilines is 3. The molecule has 0 saturated carbocycles. The first-order valence-electron chi connectivity index (χ1n) is 13.0. The third kappa shape index (κ3) is 7.41. The number of hydrogen-bond donors (Lipinski definition) is 2. The molecule has 1 amide bonds. The normalized spacial score (nSPS) is 14.8. The van der Waals surface area contributed by atoms with Crippen LogP contribution in [0.3, 0.4) is 0 Å². The zero-order valence-electron chi connectivity index (χ0n) is 22.6. The second kappa shape index (κ2) is 12.8. The van der Waals surface area contributed by atoms with Crippen LogP contribution in [0.25, 0.3) is 10.9 Å². The SMILES string of the molecule is CN(C)/C=C/C(=O)Nc1cc2c(Nc3ccc(OCc4cccc(F)c4)c(Cl)c3)ncnc2cc1O[C@@H]1CCOC1. The highest BCUT2D eigenvalue weighted by molar-refractivity contribution is 6.32. The average Bonchev–Trinajstić information content (AvgIpc) is 3.45. The summed E-state index contributed by atoms with van der Waals surface area (Å²) in [7, 11) is 3.66. The third-order valence-electron chi connectivity index (χ3n) is 6.18. The number of amides is 1. The van der Waals surface area contributed by atoms with Crippen LogP contribution in [0, 0.1) is 5.82 Å². The molecule has 1 aromatic heterocycles. The van der Waals surface area contributed by atoms with Gasteiger partial charge in [-0.3, -0.25) is 4.79 Å². The smallest absolute Gasteiger partial charge is 0.249 e. The number of carbonyl (C=O) groups is 1. The molecule has 3 aromatic carbocycles. The highest BCUT2D eigenvalue weighted by Gasteiger charge is 2.21. The van der Waals surface area contributed by atoms with Crippen LogP contribution in [0.1, 0.15) is 12.0 Å². The topological polar surface area (TPSA) is 97.8 Å². The molecule has 2 N–H and O–H groups in total. The Morgan fingerprint density at radius 1 is 1.17 bits per heavy atom. The number of aromatic nitrogens is 2. The summed E-state index contributed by atoms with van der Waals surface area (Å²) >= 11 is 6.49. The van der Waals surface area contributed by atoms with E-state index in [0.717, 1.165) is 6.42 Å². The fraction of sp³-hybridized carbons (Fsp3) is 0.233. The standard InChI is InChI=1S/C30H29ClFN5O4/c1-37(2)10-8-29(38)36-26-14-23-25(15-28(26)41-22-9-11-39-17-22)33-18-34-30(23)35-21-6-7-27(24(31)13-21)40-16-19-4-3-5-20(32)12-19/h3-8,10,12-15,18,22H,9,11,16-17H2,1-2H3,(H,36,38)(H,33,34,35)/b10-8+/t22-/m1/s1. The highest BCUT2D eigenvalue weighted by Crippen LogP contribution is 2.36. The Balaban J connectivity index is 1.39. The van der Waals surface area contributed by atoms with Crippen LogP contribution in [0.15, 0.2) is 73.2 Å². The van der Waals surface area contributed by atoms with E-state index in [2.05, 4.69) is 20.6 Å². The van der Waals surface area contributed by atoms with E-state index in [-0.39, 0.29) is 24.4 Å². The van der Waals surface area contributed by atoms with Gasteiger partial charge in [0.2, 0.25) is 5.91 Å². The van der Waals surface area contributed by atoms with Crippen LogP contribution in [0.5, 0.6) is 11.5 Å². The molecule has 1 fully saturated rings. The predicted molar refractivity (Wildman–Crippen MR) is 156 cm³/mol. The zero-order valence-corrected chi connectivity index (χ0v) is 23.3. The average molecular weight is 578 g/mol. The second-order valence-electron chi connectivity index (χ2n) is 9.65. The van der Waals surface area contributed by atoms with Crippen molar-refractivity contribution in [2.24, 2.45) is 0 Å². The molecule has 0 spiro atoms. The fourth-order valence-electron chi connectivity index (χ4n) is 4.18. The summed E-state index contributed by atoms with van der Waals surface area (Å²) < 4.78 is 30.9. The fourth-order valence-corrected chi connectivity index (χ4v) is 4.41. The molecule has 11 heteroatoms. The quantitative estimate of drug-likeness (QED) is 0.224. The molecule has 0 bridgehead atoms. The highest BCUT2D eigenvalue weighted by atomic mass is 35.5. The summed E-state index contributed by atoms with van der Waals surface area (Å²) in [6.07, 6.45) is 5.18. The van der Waals surface area contributed by atoms with E-state index in [9.17, 15) is 9.18 Å². The number of nitrogens with one attached hydrogen (secondary N) is 2. The summed E-state index contributed by atoms with van der Waals surface area (Å²) in [6.45, 7) is 1.28. The number of hydrogen-bond acceptors (Lipinski definition) is 8. The molecule has 9 nitrogen and oxygen atoms in total. The van der Waals surface area contributed by atoms with Gasteiger partial charge in [0, 0.05) is 49.9 Å². The molecule has 1 aliphatic rings. The molecule has 0 radical (unpaired) electrons. The lowest BCUT2D eigenvalue weighted by molar-refractivity contribution is -0.112. The summed E-state index contributed by atoms with van der Waals surface area (Å²) in [6, 6.07) is 15.0. The molecular weight excluding hydrogens is 549 g/mol. The van der Waals surface area contributed by atoms with E-state index in [1.165, 1.54) is 24.5 Å². The van der Waals surface area contributed by atoms with Crippen LogP contribution < -0.4 is 20.1 Å². The zero-order chi connectivity index (χ0) is 28.8. The van der Waals surface area contributed by atoms with Crippen LogP contribution in [-0.4, -0.2) is 54.2 Å². The maximum absolute atomic E-state index is 13.5. The van der Waals surface area contributed by atoms with E-state index in [4.69, 9.17) is 25.8 Å². The molecule has 1 atom stereocenters. The summed E-state index contributed by atoms with van der Waals surface area (Å²) in [4.78, 5) is 23.3. The molecule has 5 rings (SSSR count). The molecular formula is C30H29ClFN5O4. The Morgan fingerprint density at radius 3 is 2.80 bits per heavy atom. The Morgan fingerprint density at radius 2 is 2.05 bits per heavy atom. The molecule has 4 aromatic rings. The lowest BCUT2D eigenvalue weighted by atomic mass is 10.1. The monoisotopic (exact) mass is 577 g/mol. The van der Waals surface area contributed by atoms with Crippen molar-refractivity contribution in [3.63, 3.8) is 0 Å². The maximum Gasteiger partial charge on any atom is 0.249 e. The van der Waals surface area contributed by atoms with Crippen molar-refractivity contribution >= 4 is 45.6 Å². The largest absolute Gasteiger partial charge is 0.487 e. The van der Waals surface area contributed by atoms with E-state index in [1.807, 2.05) is 14.1 Å². The third-order valence-corrected chi connectivity index (χ3v) is 6.47. The first kappa shape index (κ1) is 28.1. The number of ether oxygens (including phenoxy) is 3. The van der Waals surface area contributed by atoms with E-state index in [0.29, 0.717) is 63.4 Å². The van der Waals surface area contributed by atoms with Gasteiger partial charge in [0.15, 0.2) is 0 Å². The van der Waals surface area contributed by atoms with Gasteiger partial charge < -0.3 is 29.7 Å². The van der Waals surface area contributed by atoms with Crippen LogP contribution in [0.4, 0.5) is 21.6 Å². The molecule has 1 saturated heterocycles. The van der Waals surface area contributed by atoms with Crippen LogP contribution in [0.2, 0.25) is 5.02 Å². The van der Waals surface area contributed by atoms with Gasteiger partial charge in [0.1, 0.15) is 42.2 Å². The van der Waals surface area contributed by atoms with Gasteiger partial charge in [-0.15, -0.1) is 0 Å². The van der Waals surface area contributed by atoms with Gasteiger partial charge in [-0.25, -0.2) is 14.4 Å². The van der Waals surface area contributed by atoms with Gasteiger partial charge in [-0.1, -0.05) is 23.7 Å². The van der Waals surface area contributed by atoms with Crippen molar-refractivity contribution in [3.05, 3.63) is 89.6 Å². The van der Waals surface area contributed by atoms with E-state index >= 15 is 0 Å². The summed E-state index contributed by atoms with van der Waals surface area (Å²) in [5.41, 5.74) is 2.46. The Bertz CT molecular complexity index is 1580. The van der Waals surface area contributed by atoms with Crippen molar-refractivity contribution in [2.75, 3.05) is 37.9 Å². The van der Waals surface area contributed by atoms with Gasteiger partial charge in [-0.05, 0) is 42.0 Å². The minimum Gasteiger partial charge on any atom is -0.487 e.